The van der Waals surface area contributed by atoms with Crippen LogP contribution in [0.5, 0.6) is 0 Å². The summed E-state index contributed by atoms with van der Waals surface area (Å²) in [5.41, 5.74) is 0. The van der Waals surface area contributed by atoms with Gasteiger partial charge in [-0.25, -0.2) is 0 Å². The van der Waals surface area contributed by atoms with Crippen LogP contribution in [0.25, 0.3) is 0 Å². The highest BCUT2D eigenvalue weighted by Crippen LogP contribution is 2.38. The summed E-state index contributed by atoms with van der Waals surface area (Å²) in [7, 11) is 1.30. The van der Waals surface area contributed by atoms with Crippen molar-refractivity contribution in [2.45, 2.75) is 187 Å². The van der Waals surface area contributed by atoms with Crippen molar-refractivity contribution in [2.24, 2.45) is 0 Å². The van der Waals surface area contributed by atoms with Crippen molar-refractivity contribution >= 4 is 13.8 Å². The number of likely N-dealkylation sites (N-methyl/N-ethyl adjacent to an activating group) is 1. The minimum Gasteiger partial charge on any atom is -0.756 e. The maximum absolute atomic E-state index is 12.7. The fourth-order valence-electron chi connectivity index (χ4n) is 5.87. The molecule has 3 unspecified atom stereocenters. The number of hydrogen-bond donors (Lipinski definition) is 1. The van der Waals surface area contributed by atoms with E-state index < -0.39 is 19.9 Å². The van der Waals surface area contributed by atoms with E-state index in [0.29, 0.717) is 24.1 Å². The first-order chi connectivity index (χ1) is 27.0. The van der Waals surface area contributed by atoms with Crippen LogP contribution in [0.4, 0.5) is 0 Å². The summed E-state index contributed by atoms with van der Waals surface area (Å²) in [6.45, 7) is 5.05. The summed E-state index contributed by atoms with van der Waals surface area (Å²) in [4.78, 5) is 25.0. The fraction of sp³-hybridized carbons (Fsp3) is 0.804. The molecule has 0 saturated heterocycles. The molecule has 0 aliphatic carbocycles. The molecule has 0 fully saturated rings. The predicted octanol–water partition coefficient (Wildman–Crippen LogP) is 11.5. The molecule has 0 rings (SSSR count). The number of aliphatic hydroxyl groups excluding tert-OH is 1. The third-order valence-electron chi connectivity index (χ3n) is 9.55. The van der Waals surface area contributed by atoms with Crippen molar-refractivity contribution in [2.75, 3.05) is 54.1 Å². The highest BCUT2D eigenvalue weighted by molar-refractivity contribution is 7.45. The number of quaternary nitrogens is 1. The first-order valence-corrected chi connectivity index (χ1v) is 23.9. The van der Waals surface area contributed by atoms with Crippen LogP contribution in [0.1, 0.15) is 174 Å². The van der Waals surface area contributed by atoms with Crippen molar-refractivity contribution in [1.82, 2.24) is 0 Å². The van der Waals surface area contributed by atoms with E-state index >= 15 is 0 Å². The van der Waals surface area contributed by atoms with Crippen molar-refractivity contribution in [3.63, 3.8) is 0 Å². The van der Waals surface area contributed by atoms with Gasteiger partial charge in [-0.1, -0.05) is 159 Å². The lowest BCUT2D eigenvalue weighted by atomic mass is 10.0. The van der Waals surface area contributed by atoms with Crippen molar-refractivity contribution in [1.29, 1.82) is 0 Å². The van der Waals surface area contributed by atoms with Crippen LogP contribution in [-0.4, -0.2) is 81.9 Å². The van der Waals surface area contributed by atoms with Crippen LogP contribution in [0.3, 0.4) is 0 Å². The van der Waals surface area contributed by atoms with Crippen LogP contribution in [0.15, 0.2) is 48.6 Å². The second-order valence-corrected chi connectivity index (χ2v) is 17.6. The zero-order valence-electron chi connectivity index (χ0n) is 36.7. The number of aliphatic hydroxyl groups is 1. The third-order valence-corrected chi connectivity index (χ3v) is 10.5. The number of phosphoric ester groups is 1. The van der Waals surface area contributed by atoms with E-state index in [2.05, 4.69) is 55.5 Å². The molecule has 0 aliphatic rings. The maximum Gasteiger partial charge on any atom is 0.306 e. The number of carbonyl (C=O) groups excluding carboxylic acids is 1. The van der Waals surface area contributed by atoms with E-state index in [-0.39, 0.29) is 32.3 Å². The van der Waals surface area contributed by atoms with Gasteiger partial charge in [-0.2, -0.15) is 0 Å². The zero-order valence-corrected chi connectivity index (χ0v) is 37.6. The number of ether oxygens (including phenoxy) is 2. The van der Waals surface area contributed by atoms with Gasteiger partial charge in [0.15, 0.2) is 0 Å². The summed E-state index contributed by atoms with van der Waals surface area (Å²) in [5.74, 6) is -0.398. The zero-order chi connectivity index (χ0) is 41.4. The molecular formula is C46H86NO8P. The predicted molar refractivity (Wildman–Crippen MR) is 232 cm³/mol. The number of esters is 1. The molecular weight excluding hydrogens is 725 g/mol. The lowest BCUT2D eigenvalue weighted by Gasteiger charge is -2.28. The maximum atomic E-state index is 12.7. The Balaban J connectivity index is 4.33. The second-order valence-electron chi connectivity index (χ2n) is 16.2. The number of nitrogens with zero attached hydrogens (tertiary/aromatic N) is 1. The minimum absolute atomic E-state index is 0.00945. The first-order valence-electron chi connectivity index (χ1n) is 22.4. The lowest BCUT2D eigenvalue weighted by molar-refractivity contribution is -0.870. The Labute approximate surface area is 344 Å². The normalized spacial score (nSPS) is 14.8. The summed E-state index contributed by atoms with van der Waals surface area (Å²) in [5, 5.41) is 9.57. The molecule has 0 bridgehead atoms. The van der Waals surface area contributed by atoms with Crippen LogP contribution >= 0.6 is 7.82 Å². The Bertz CT molecular complexity index is 1050. The number of allylic oxidation sites excluding steroid dienone is 8. The van der Waals surface area contributed by atoms with E-state index in [0.717, 1.165) is 57.8 Å². The minimum atomic E-state index is -4.55. The molecule has 9 nitrogen and oxygen atoms in total. The Hall–Kier alpha value is -1.58. The van der Waals surface area contributed by atoms with Crippen LogP contribution in [0, 0.1) is 0 Å². The fourth-order valence-corrected chi connectivity index (χ4v) is 6.60. The number of unbranched alkanes of at least 4 members (excludes halogenated alkanes) is 16. The average molecular weight is 812 g/mol. The van der Waals surface area contributed by atoms with Crippen LogP contribution < -0.4 is 4.89 Å². The van der Waals surface area contributed by atoms with Gasteiger partial charge in [-0.3, -0.25) is 9.36 Å². The average Bonchev–Trinajstić information content (AvgIpc) is 3.15. The third kappa shape index (κ3) is 42.0. The molecule has 56 heavy (non-hydrogen) atoms. The molecule has 0 radical (unpaired) electrons. The SMILES string of the molecule is CCCCCCCCCCCCCCCCCCOCC(COP(=O)([O-])OCC[N+](C)(C)C)OC(=O)CCC/C=C\C/C=C\C/C=C\C/C=C\CCC(O)CC. The smallest absolute Gasteiger partial charge is 0.306 e. The summed E-state index contributed by atoms with van der Waals surface area (Å²) >= 11 is 0. The second kappa shape index (κ2) is 38.9. The van der Waals surface area contributed by atoms with Gasteiger partial charge in [0.2, 0.25) is 0 Å². The number of carbonyl (C=O) groups is 1. The van der Waals surface area contributed by atoms with Gasteiger partial charge in [0, 0.05) is 13.0 Å². The molecule has 0 aromatic heterocycles. The van der Waals surface area contributed by atoms with Crippen LogP contribution in [-0.2, 0) is 27.9 Å². The molecule has 0 heterocycles. The summed E-state index contributed by atoms with van der Waals surface area (Å²) in [6, 6.07) is 0. The molecule has 10 heteroatoms. The lowest BCUT2D eigenvalue weighted by Crippen LogP contribution is -2.37. The molecule has 1 N–H and O–H groups in total. The molecule has 0 saturated carbocycles. The standard InChI is InChI=1S/C46H86NO8P/c1-6-8-9-10-11-12-13-14-15-18-21-24-27-30-33-36-40-52-42-45(43-54-56(50,51)53-41-39-47(3,4)5)55-46(49)38-35-32-29-26-23-20-17-16-19-22-25-28-31-34-37-44(48)7-2/h17,19-20,22,26,28-29,31,44-45,48H,6-16,18,21,23-25,27,30,32-43H2,1-5H3/b20-17-,22-19-,29-26-,31-28-. The van der Waals surface area contributed by atoms with Crippen molar-refractivity contribution in [3.8, 4) is 0 Å². The molecule has 0 amide bonds. The Morgan fingerprint density at radius 3 is 1.62 bits per heavy atom. The van der Waals surface area contributed by atoms with Gasteiger partial charge in [0.1, 0.15) is 19.3 Å². The Morgan fingerprint density at radius 2 is 1.12 bits per heavy atom. The Morgan fingerprint density at radius 1 is 0.643 bits per heavy atom. The Kier molecular flexibility index (Phi) is 37.8. The van der Waals surface area contributed by atoms with Gasteiger partial charge in [-0.05, 0) is 57.8 Å². The highest BCUT2D eigenvalue weighted by atomic mass is 31.2. The molecule has 0 spiro atoms. The number of hydrogen-bond acceptors (Lipinski definition) is 8. The van der Waals surface area contributed by atoms with Gasteiger partial charge < -0.3 is 33.0 Å². The summed E-state index contributed by atoms with van der Waals surface area (Å²) < 4.78 is 34.5. The van der Waals surface area contributed by atoms with E-state index in [1.54, 1.807) is 0 Å². The largest absolute Gasteiger partial charge is 0.756 e. The van der Waals surface area contributed by atoms with E-state index in [4.69, 9.17) is 18.5 Å². The van der Waals surface area contributed by atoms with E-state index in [1.165, 1.54) is 89.9 Å². The van der Waals surface area contributed by atoms with E-state index in [9.17, 15) is 19.4 Å². The van der Waals surface area contributed by atoms with Crippen molar-refractivity contribution in [3.05, 3.63) is 48.6 Å². The quantitative estimate of drug-likeness (QED) is 0.0213. The monoisotopic (exact) mass is 812 g/mol. The molecule has 0 aromatic rings. The molecule has 3 atom stereocenters. The molecule has 328 valence electrons. The van der Waals surface area contributed by atoms with Crippen LogP contribution in [0.2, 0.25) is 0 Å². The van der Waals surface area contributed by atoms with Gasteiger partial charge in [0.25, 0.3) is 7.82 Å². The van der Waals surface area contributed by atoms with Gasteiger partial charge >= 0.3 is 5.97 Å². The van der Waals surface area contributed by atoms with Gasteiger partial charge in [-0.15, -0.1) is 0 Å². The van der Waals surface area contributed by atoms with Gasteiger partial charge in [0.05, 0.1) is 40.5 Å². The molecule has 0 aromatic carbocycles. The topological polar surface area (TPSA) is 114 Å². The van der Waals surface area contributed by atoms with Crippen molar-refractivity contribution < 1.29 is 42.4 Å². The molecule has 0 aliphatic heterocycles. The number of rotatable bonds is 41. The van der Waals surface area contributed by atoms with E-state index in [1.807, 2.05) is 28.1 Å². The first kappa shape index (κ1) is 54.4. The number of phosphoric acid groups is 1. The summed E-state index contributed by atoms with van der Waals surface area (Å²) in [6.07, 6.45) is 43.6. The highest BCUT2D eigenvalue weighted by Gasteiger charge is 2.20.